The summed E-state index contributed by atoms with van der Waals surface area (Å²) in [5.41, 5.74) is 0.731. The molecular weight excluding hydrogens is 318 g/mol. The minimum atomic E-state index is -0.168. The highest BCUT2D eigenvalue weighted by Crippen LogP contribution is 2.24. The lowest BCUT2D eigenvalue weighted by Gasteiger charge is -2.05. The van der Waals surface area contributed by atoms with Crippen LogP contribution in [-0.4, -0.2) is 21.2 Å². The third-order valence-corrected chi connectivity index (χ3v) is 3.00. The summed E-state index contributed by atoms with van der Waals surface area (Å²) in [5, 5.41) is 3.43. The van der Waals surface area contributed by atoms with E-state index in [1.54, 1.807) is 18.3 Å². The van der Waals surface area contributed by atoms with Crippen molar-refractivity contribution >= 4 is 39.3 Å². The fraction of sp³-hybridized carbons (Fsp3) is 0.0833. The van der Waals surface area contributed by atoms with E-state index in [4.69, 9.17) is 11.6 Å². The first kappa shape index (κ1) is 13.0. The van der Waals surface area contributed by atoms with Gasteiger partial charge in [0, 0.05) is 11.8 Å². The highest BCUT2D eigenvalue weighted by atomic mass is 79.9. The van der Waals surface area contributed by atoms with Gasteiger partial charge in [0.05, 0.1) is 10.4 Å². The maximum absolute atomic E-state index is 11.3. The first-order valence-corrected chi connectivity index (χ1v) is 6.64. The van der Waals surface area contributed by atoms with Crippen LogP contribution in [0.1, 0.15) is 0 Å². The molecule has 2 aromatic rings. The molecule has 0 unspecified atom stereocenters. The number of anilines is 1. The maximum atomic E-state index is 11.3. The topological polar surface area (TPSA) is 54.9 Å². The highest BCUT2D eigenvalue weighted by molar-refractivity contribution is 9.09. The van der Waals surface area contributed by atoms with E-state index in [9.17, 15) is 4.79 Å². The molecule has 1 N–H and O–H groups in total. The Morgan fingerprint density at radius 3 is 2.83 bits per heavy atom. The van der Waals surface area contributed by atoms with Gasteiger partial charge in [-0.1, -0.05) is 39.7 Å². The van der Waals surface area contributed by atoms with E-state index in [0.29, 0.717) is 16.7 Å². The third-order valence-electron chi connectivity index (χ3n) is 2.16. The van der Waals surface area contributed by atoms with Crippen LogP contribution < -0.4 is 5.32 Å². The van der Waals surface area contributed by atoms with Crippen molar-refractivity contribution in [2.24, 2.45) is 0 Å². The van der Waals surface area contributed by atoms with Gasteiger partial charge in [-0.25, -0.2) is 9.97 Å². The van der Waals surface area contributed by atoms with E-state index in [1.165, 1.54) is 0 Å². The summed E-state index contributed by atoms with van der Waals surface area (Å²) in [6.07, 6.45) is 1.58. The number of halogens is 2. The number of rotatable bonds is 3. The van der Waals surface area contributed by atoms with Crippen LogP contribution in [0.5, 0.6) is 0 Å². The second-order valence-electron chi connectivity index (χ2n) is 3.43. The molecule has 4 nitrogen and oxygen atoms in total. The fourth-order valence-corrected chi connectivity index (χ4v) is 1.74. The summed E-state index contributed by atoms with van der Waals surface area (Å²) in [5.74, 6) is 0.760. The summed E-state index contributed by atoms with van der Waals surface area (Å²) < 4.78 is 0. The molecule has 0 aliphatic rings. The molecule has 0 saturated carbocycles. The van der Waals surface area contributed by atoms with E-state index in [2.05, 4.69) is 31.2 Å². The minimum Gasteiger partial charge on any atom is -0.310 e. The molecule has 0 spiro atoms. The molecule has 1 aromatic heterocycles. The van der Waals surface area contributed by atoms with Crippen LogP contribution >= 0.6 is 27.5 Å². The van der Waals surface area contributed by atoms with Gasteiger partial charge < -0.3 is 5.32 Å². The Labute approximate surface area is 118 Å². The number of hydrogen-bond donors (Lipinski definition) is 1. The second-order valence-corrected chi connectivity index (χ2v) is 4.40. The van der Waals surface area contributed by atoms with Crippen molar-refractivity contribution in [1.82, 2.24) is 9.97 Å². The van der Waals surface area contributed by atoms with E-state index >= 15 is 0 Å². The summed E-state index contributed by atoms with van der Waals surface area (Å²) >= 11 is 9.14. The lowest BCUT2D eigenvalue weighted by Crippen LogP contribution is -2.13. The fourth-order valence-electron chi connectivity index (χ4n) is 1.38. The maximum Gasteiger partial charge on any atom is 0.236 e. The molecule has 1 aromatic carbocycles. The lowest BCUT2D eigenvalue weighted by atomic mass is 10.2. The zero-order valence-electron chi connectivity index (χ0n) is 9.23. The van der Waals surface area contributed by atoms with Gasteiger partial charge in [-0.05, 0) is 18.2 Å². The number of hydrogen-bond acceptors (Lipinski definition) is 3. The zero-order valence-corrected chi connectivity index (χ0v) is 11.6. The highest BCUT2D eigenvalue weighted by Gasteiger charge is 2.07. The molecular formula is C12H9BrClN3O. The Morgan fingerprint density at radius 1 is 1.33 bits per heavy atom. The van der Waals surface area contributed by atoms with Crippen molar-refractivity contribution in [2.45, 2.75) is 0 Å². The Balaban J connectivity index is 2.33. The number of alkyl halides is 1. The second kappa shape index (κ2) is 5.93. The summed E-state index contributed by atoms with van der Waals surface area (Å²) in [4.78, 5) is 19.6. The number of aromatic nitrogens is 2. The quantitative estimate of drug-likeness (QED) is 0.882. The van der Waals surface area contributed by atoms with Gasteiger partial charge >= 0.3 is 0 Å². The molecule has 0 aliphatic carbocycles. The average molecular weight is 327 g/mol. The van der Waals surface area contributed by atoms with Gasteiger partial charge in [-0.15, -0.1) is 0 Å². The summed E-state index contributed by atoms with van der Waals surface area (Å²) in [6.45, 7) is 0. The largest absolute Gasteiger partial charge is 0.310 e. The molecule has 1 amide bonds. The van der Waals surface area contributed by atoms with E-state index in [1.807, 2.05) is 18.2 Å². The number of nitrogens with one attached hydrogen (secondary N) is 1. The molecule has 92 valence electrons. The first-order chi connectivity index (χ1) is 8.70. The molecule has 2 rings (SSSR count). The number of benzene rings is 1. The molecule has 0 atom stereocenters. The van der Waals surface area contributed by atoms with Crippen molar-refractivity contribution in [3.63, 3.8) is 0 Å². The van der Waals surface area contributed by atoms with Gasteiger partial charge in [-0.2, -0.15) is 0 Å². The molecule has 6 heteroatoms. The van der Waals surface area contributed by atoms with Gasteiger partial charge in [0.25, 0.3) is 0 Å². The first-order valence-electron chi connectivity index (χ1n) is 5.14. The number of carbonyl (C=O) groups excluding carboxylic acids is 1. The Bertz CT molecular complexity index is 577. The Kier molecular flexibility index (Phi) is 4.28. The molecule has 0 radical (unpaired) electrons. The third kappa shape index (κ3) is 3.05. The van der Waals surface area contributed by atoms with Crippen LogP contribution in [-0.2, 0) is 4.79 Å². The van der Waals surface area contributed by atoms with Crippen LogP contribution in [0, 0.1) is 0 Å². The minimum absolute atomic E-state index is 0.168. The van der Waals surface area contributed by atoms with Gasteiger partial charge in [0.2, 0.25) is 5.91 Å². The number of nitrogens with zero attached hydrogens (tertiary/aromatic N) is 2. The number of amides is 1. The Hall–Kier alpha value is -1.46. The van der Waals surface area contributed by atoms with E-state index in [-0.39, 0.29) is 11.2 Å². The monoisotopic (exact) mass is 325 g/mol. The van der Waals surface area contributed by atoms with Crippen LogP contribution in [0.15, 0.2) is 36.5 Å². The van der Waals surface area contributed by atoms with Crippen molar-refractivity contribution in [3.05, 3.63) is 41.6 Å². The van der Waals surface area contributed by atoms with Gasteiger partial charge in [0.1, 0.15) is 5.82 Å². The molecule has 0 bridgehead atoms. The normalized spacial score (nSPS) is 10.1. The van der Waals surface area contributed by atoms with Crippen molar-refractivity contribution < 1.29 is 4.79 Å². The Morgan fingerprint density at radius 2 is 2.11 bits per heavy atom. The molecule has 18 heavy (non-hydrogen) atoms. The zero-order chi connectivity index (χ0) is 13.0. The summed E-state index contributed by atoms with van der Waals surface area (Å²) in [7, 11) is 0. The van der Waals surface area contributed by atoms with Crippen molar-refractivity contribution in [3.8, 4) is 11.4 Å². The standard InChI is InChI=1S/C12H9BrClN3O/c13-7-11(18)16-10-5-6-15-12(17-10)8-3-1-2-4-9(8)14/h1-6H,7H2,(H,15,16,17,18). The molecule has 0 aliphatic heterocycles. The van der Waals surface area contributed by atoms with Crippen LogP contribution in [0.3, 0.4) is 0 Å². The van der Waals surface area contributed by atoms with Crippen molar-refractivity contribution in [2.75, 3.05) is 10.6 Å². The van der Waals surface area contributed by atoms with E-state index < -0.39 is 0 Å². The number of carbonyl (C=O) groups is 1. The lowest BCUT2D eigenvalue weighted by molar-refractivity contribution is -0.113. The summed E-state index contributed by atoms with van der Waals surface area (Å²) in [6, 6.07) is 8.91. The predicted octanol–water partition coefficient (Wildman–Crippen LogP) is 3.13. The van der Waals surface area contributed by atoms with Gasteiger partial charge in [0.15, 0.2) is 5.82 Å². The van der Waals surface area contributed by atoms with E-state index in [0.717, 1.165) is 5.56 Å². The molecule has 0 saturated heterocycles. The van der Waals surface area contributed by atoms with Crippen LogP contribution in [0.4, 0.5) is 5.82 Å². The predicted molar refractivity (Wildman–Crippen MR) is 74.9 cm³/mol. The van der Waals surface area contributed by atoms with Crippen LogP contribution in [0.2, 0.25) is 5.02 Å². The molecule has 0 fully saturated rings. The smallest absolute Gasteiger partial charge is 0.236 e. The SMILES string of the molecule is O=C(CBr)Nc1ccnc(-c2ccccc2Cl)n1. The van der Waals surface area contributed by atoms with Crippen LogP contribution in [0.25, 0.3) is 11.4 Å². The van der Waals surface area contributed by atoms with Gasteiger partial charge in [-0.3, -0.25) is 4.79 Å². The molecule has 1 heterocycles. The van der Waals surface area contributed by atoms with Crippen molar-refractivity contribution in [1.29, 1.82) is 0 Å². The average Bonchev–Trinajstić information content (AvgIpc) is 2.39.